The molecule has 3 heteroatoms. The van der Waals surface area contributed by atoms with Crippen LogP contribution in [0.15, 0.2) is 48.5 Å². The average Bonchev–Trinajstić information content (AvgIpc) is 3.61. The number of methoxy groups -OCH3 is 1. The maximum absolute atomic E-state index is 5.17. The van der Waals surface area contributed by atoms with E-state index in [0.717, 1.165) is 30.9 Å². The predicted octanol–water partition coefficient (Wildman–Crippen LogP) is 5.44. The van der Waals surface area contributed by atoms with Crippen LogP contribution in [0.3, 0.4) is 0 Å². The second-order valence-electron chi connectivity index (χ2n) is 12.2. The third-order valence-electron chi connectivity index (χ3n) is 8.92. The summed E-state index contributed by atoms with van der Waals surface area (Å²) in [7, 11) is 1.78. The Morgan fingerprint density at radius 3 is 1.74 bits per heavy atom. The number of hydrogen-bond acceptors (Lipinski definition) is 3. The van der Waals surface area contributed by atoms with Crippen molar-refractivity contribution >= 4 is 0 Å². The van der Waals surface area contributed by atoms with Crippen molar-refractivity contribution in [2.24, 2.45) is 17.8 Å². The van der Waals surface area contributed by atoms with Gasteiger partial charge in [0.15, 0.2) is 0 Å². The molecule has 34 heavy (non-hydrogen) atoms. The molecule has 0 amide bonds. The van der Waals surface area contributed by atoms with Crippen molar-refractivity contribution in [3.63, 3.8) is 0 Å². The van der Waals surface area contributed by atoms with Gasteiger partial charge in [-0.05, 0) is 55.6 Å². The Kier molecular flexibility index (Phi) is 6.65. The summed E-state index contributed by atoms with van der Waals surface area (Å²) in [5.41, 5.74) is 6.88. The topological polar surface area (TPSA) is 15.7 Å². The number of rotatable bonds is 7. The molecular weight excluding hydrogens is 416 g/mol. The maximum atomic E-state index is 5.17. The summed E-state index contributed by atoms with van der Waals surface area (Å²) in [6.07, 6.45) is 2.81. The van der Waals surface area contributed by atoms with E-state index in [1.54, 1.807) is 18.2 Å². The van der Waals surface area contributed by atoms with Gasteiger partial charge in [-0.3, -0.25) is 4.90 Å². The summed E-state index contributed by atoms with van der Waals surface area (Å²) in [6, 6.07) is 18.4. The molecule has 2 aromatic carbocycles. The van der Waals surface area contributed by atoms with Gasteiger partial charge >= 0.3 is 0 Å². The minimum absolute atomic E-state index is 0.488. The fraction of sp³-hybridized carbons (Fsp3) is 0.613. The molecule has 2 saturated heterocycles. The summed E-state index contributed by atoms with van der Waals surface area (Å²) < 4.78 is 5.17. The largest absolute Gasteiger partial charge is 0.383 e. The Morgan fingerprint density at radius 1 is 0.794 bits per heavy atom. The number of likely N-dealkylation sites (tertiary alicyclic amines) is 2. The smallest absolute Gasteiger partial charge is 0.0589 e. The van der Waals surface area contributed by atoms with Crippen LogP contribution in [0.4, 0.5) is 0 Å². The normalized spacial score (nSPS) is 31.7. The minimum atomic E-state index is 0.488. The Morgan fingerprint density at radius 2 is 1.26 bits per heavy atom. The number of ether oxygens (including phenoxy) is 1. The van der Waals surface area contributed by atoms with Crippen LogP contribution in [0.2, 0.25) is 0 Å². The first-order valence-corrected chi connectivity index (χ1v) is 13.4. The van der Waals surface area contributed by atoms with Gasteiger partial charge in [-0.1, -0.05) is 73.5 Å². The number of nitrogens with zero attached hydrogens (tertiary/aromatic N) is 2. The quantitative estimate of drug-likeness (QED) is 0.547. The van der Waals surface area contributed by atoms with Crippen molar-refractivity contribution in [3.05, 3.63) is 70.8 Å². The molecule has 2 saturated carbocycles. The first-order valence-electron chi connectivity index (χ1n) is 13.4. The van der Waals surface area contributed by atoms with Crippen LogP contribution in [0.5, 0.6) is 0 Å². The van der Waals surface area contributed by atoms with E-state index in [1.807, 2.05) is 0 Å². The van der Waals surface area contributed by atoms with E-state index >= 15 is 0 Å². The van der Waals surface area contributed by atoms with Crippen LogP contribution in [0.25, 0.3) is 0 Å². The molecule has 0 N–H and O–H groups in total. The third kappa shape index (κ3) is 4.72. The molecule has 4 aliphatic rings. The highest BCUT2D eigenvalue weighted by atomic mass is 16.5. The average molecular weight is 461 g/mol. The predicted molar refractivity (Wildman–Crippen MR) is 142 cm³/mol. The van der Waals surface area contributed by atoms with Crippen LogP contribution >= 0.6 is 0 Å². The molecule has 6 rings (SSSR count). The van der Waals surface area contributed by atoms with Gasteiger partial charge in [0.25, 0.3) is 0 Å². The highest BCUT2D eigenvalue weighted by Crippen LogP contribution is 2.59. The van der Waals surface area contributed by atoms with Gasteiger partial charge in [-0.15, -0.1) is 0 Å². The van der Waals surface area contributed by atoms with Gasteiger partial charge in [0.2, 0.25) is 0 Å². The Labute approximate surface area is 207 Å². The molecule has 0 aromatic heterocycles. The molecule has 2 heterocycles. The summed E-state index contributed by atoms with van der Waals surface area (Å²) in [5, 5.41) is 0. The van der Waals surface area contributed by atoms with Crippen molar-refractivity contribution in [3.8, 4) is 0 Å². The van der Waals surface area contributed by atoms with Gasteiger partial charge in [-0.25, -0.2) is 0 Å². The minimum Gasteiger partial charge on any atom is -0.383 e. The number of hydrogen-bond donors (Lipinski definition) is 0. The van der Waals surface area contributed by atoms with E-state index in [2.05, 4.69) is 86.0 Å². The van der Waals surface area contributed by atoms with E-state index in [9.17, 15) is 0 Å². The lowest BCUT2D eigenvalue weighted by Crippen LogP contribution is -2.29. The summed E-state index contributed by atoms with van der Waals surface area (Å²) in [5.74, 6) is 2.62. The number of aryl methyl sites for hydroxylation is 2. The fourth-order valence-corrected chi connectivity index (χ4v) is 6.88. The van der Waals surface area contributed by atoms with E-state index in [0.29, 0.717) is 10.8 Å². The lowest BCUT2D eigenvalue weighted by atomic mass is 9.94. The fourth-order valence-electron chi connectivity index (χ4n) is 6.88. The summed E-state index contributed by atoms with van der Waals surface area (Å²) >= 11 is 0. The van der Waals surface area contributed by atoms with E-state index in [-0.39, 0.29) is 0 Å². The third-order valence-corrected chi connectivity index (χ3v) is 8.92. The van der Waals surface area contributed by atoms with Crippen LogP contribution in [0.1, 0.15) is 48.9 Å². The Balaban J connectivity index is 0.000000142. The molecule has 3 nitrogen and oxygen atoms in total. The molecule has 4 atom stereocenters. The van der Waals surface area contributed by atoms with Gasteiger partial charge in [0, 0.05) is 57.2 Å². The second-order valence-corrected chi connectivity index (χ2v) is 12.2. The van der Waals surface area contributed by atoms with Gasteiger partial charge < -0.3 is 9.64 Å². The van der Waals surface area contributed by atoms with E-state index < -0.39 is 0 Å². The zero-order valence-corrected chi connectivity index (χ0v) is 22.0. The van der Waals surface area contributed by atoms with Crippen molar-refractivity contribution in [1.29, 1.82) is 0 Å². The van der Waals surface area contributed by atoms with Crippen LogP contribution in [0, 0.1) is 31.6 Å². The lowest BCUT2D eigenvalue weighted by molar-refractivity contribution is 0.153. The first-order chi connectivity index (χ1) is 16.3. The maximum Gasteiger partial charge on any atom is 0.0589 e. The summed E-state index contributed by atoms with van der Waals surface area (Å²) in [6.45, 7) is 17.3. The molecule has 4 fully saturated rings. The van der Waals surface area contributed by atoms with Crippen molar-refractivity contribution < 1.29 is 4.74 Å². The highest BCUT2D eigenvalue weighted by molar-refractivity contribution is 5.39. The molecule has 0 bridgehead atoms. The van der Waals surface area contributed by atoms with E-state index in [4.69, 9.17) is 4.74 Å². The van der Waals surface area contributed by atoms with Crippen LogP contribution < -0.4 is 0 Å². The zero-order chi connectivity index (χ0) is 23.9. The summed E-state index contributed by atoms with van der Waals surface area (Å²) in [4.78, 5) is 5.22. The van der Waals surface area contributed by atoms with Crippen molar-refractivity contribution in [2.75, 3.05) is 53.0 Å². The van der Waals surface area contributed by atoms with Gasteiger partial charge in [-0.2, -0.15) is 0 Å². The van der Waals surface area contributed by atoms with Crippen molar-refractivity contribution in [1.82, 2.24) is 9.80 Å². The molecule has 184 valence electrons. The second kappa shape index (κ2) is 9.41. The number of piperidine rings is 2. The van der Waals surface area contributed by atoms with Gasteiger partial charge in [0.05, 0.1) is 6.61 Å². The number of fused-ring (bicyclic) bond motifs is 2. The van der Waals surface area contributed by atoms with Crippen LogP contribution in [-0.4, -0.2) is 62.8 Å². The monoisotopic (exact) mass is 460 g/mol. The van der Waals surface area contributed by atoms with E-state index in [1.165, 1.54) is 56.7 Å². The Bertz CT molecular complexity index is 968. The van der Waals surface area contributed by atoms with Crippen molar-refractivity contribution in [2.45, 2.75) is 51.4 Å². The zero-order valence-electron chi connectivity index (χ0n) is 22.0. The molecule has 2 aromatic rings. The number of benzene rings is 2. The lowest BCUT2D eigenvalue weighted by Gasteiger charge is -2.22. The molecule has 2 aliphatic heterocycles. The molecule has 2 aliphatic carbocycles. The van der Waals surface area contributed by atoms with Crippen LogP contribution in [-0.2, 0) is 15.6 Å². The molecular formula is C31H44N2O. The molecule has 4 unspecified atom stereocenters. The standard InChI is InChI=1S/C16H23N.C15H21NO/c1-12(2)9-17-10-15-8-16(15,11-17)14-6-4-13(3)5-7-14;1-12-3-5-13(6-4-12)15-9-14(15)10-16(11-15)7-8-17-2/h4-7,12,15H,8-11H2,1-3H3;3-6,14H,7-11H2,1-2H3. The highest BCUT2D eigenvalue weighted by Gasteiger charge is 2.61. The Hall–Kier alpha value is -1.68. The molecule has 0 radical (unpaired) electrons. The molecule has 0 spiro atoms. The first kappa shape index (κ1) is 24.0. The van der Waals surface area contributed by atoms with Gasteiger partial charge in [0.1, 0.15) is 0 Å². The SMILES string of the molecule is COCCN1CC2CC2(c2ccc(C)cc2)C1.Cc1ccc(C23CC2CN(CC(C)C)C3)cc1.